The van der Waals surface area contributed by atoms with Gasteiger partial charge in [0.2, 0.25) is 11.8 Å². The van der Waals surface area contributed by atoms with Gasteiger partial charge in [-0.05, 0) is 30.5 Å². The molecular weight excluding hydrogens is 331 g/mol. The molecule has 2 amide bonds. The number of nitrogens with zero attached hydrogens (tertiary/aromatic N) is 1. The highest BCUT2D eigenvalue weighted by molar-refractivity contribution is 5.88. The summed E-state index contributed by atoms with van der Waals surface area (Å²) in [5.41, 5.74) is 2.38. The number of carbonyl (C=O) groups is 2. The third kappa shape index (κ3) is 4.91. The summed E-state index contributed by atoms with van der Waals surface area (Å²) in [6, 6.07) is 13.4. The van der Waals surface area contributed by atoms with Gasteiger partial charge in [0, 0.05) is 13.6 Å². The highest BCUT2D eigenvalue weighted by Gasteiger charge is 2.28. The maximum absolute atomic E-state index is 13.9. The van der Waals surface area contributed by atoms with E-state index in [0.29, 0.717) is 18.5 Å². The fourth-order valence-corrected chi connectivity index (χ4v) is 2.88. The molecule has 0 fully saturated rings. The summed E-state index contributed by atoms with van der Waals surface area (Å²) < 4.78 is 13.9. The molecule has 0 radical (unpaired) electrons. The topological polar surface area (TPSA) is 49.4 Å². The molecule has 0 aliphatic carbocycles. The standard InChI is InChI=1S/C21H25FN2O2/c1-4-19(21(26)23-3)24(14-16-11-9-15(2)10-12-16)20(25)13-17-7-5-6-8-18(17)22/h5-12,19H,4,13-14H2,1-3H3,(H,23,26)/t19-/m0/s1. The highest BCUT2D eigenvalue weighted by atomic mass is 19.1. The molecule has 0 unspecified atom stereocenters. The van der Waals surface area contributed by atoms with E-state index in [1.165, 1.54) is 11.0 Å². The van der Waals surface area contributed by atoms with Crippen molar-refractivity contribution in [3.8, 4) is 0 Å². The number of likely N-dealkylation sites (N-methyl/N-ethyl adjacent to an activating group) is 1. The van der Waals surface area contributed by atoms with E-state index in [-0.39, 0.29) is 18.2 Å². The Kier molecular flexibility index (Phi) is 6.89. The van der Waals surface area contributed by atoms with Gasteiger partial charge in [-0.15, -0.1) is 0 Å². The van der Waals surface area contributed by atoms with Gasteiger partial charge in [-0.2, -0.15) is 0 Å². The molecule has 5 heteroatoms. The first-order chi connectivity index (χ1) is 12.5. The van der Waals surface area contributed by atoms with Crippen LogP contribution in [0.1, 0.15) is 30.0 Å². The molecule has 2 aromatic rings. The number of carbonyl (C=O) groups excluding carboxylic acids is 2. The lowest BCUT2D eigenvalue weighted by molar-refractivity contribution is -0.140. The highest BCUT2D eigenvalue weighted by Crippen LogP contribution is 2.16. The number of hydrogen-bond acceptors (Lipinski definition) is 2. The van der Waals surface area contributed by atoms with Gasteiger partial charge in [0.25, 0.3) is 0 Å². The number of benzene rings is 2. The van der Waals surface area contributed by atoms with Gasteiger partial charge in [-0.1, -0.05) is 55.0 Å². The average Bonchev–Trinajstić information content (AvgIpc) is 2.64. The van der Waals surface area contributed by atoms with Gasteiger partial charge in [-0.3, -0.25) is 9.59 Å². The smallest absolute Gasteiger partial charge is 0.242 e. The largest absolute Gasteiger partial charge is 0.357 e. The molecule has 0 spiro atoms. The zero-order valence-electron chi connectivity index (χ0n) is 15.5. The second kappa shape index (κ2) is 9.13. The summed E-state index contributed by atoms with van der Waals surface area (Å²) in [6.07, 6.45) is 0.403. The van der Waals surface area contributed by atoms with Crippen molar-refractivity contribution >= 4 is 11.8 Å². The van der Waals surface area contributed by atoms with Crippen molar-refractivity contribution in [3.63, 3.8) is 0 Å². The molecule has 2 rings (SSSR count). The Morgan fingerprint density at radius 1 is 1.12 bits per heavy atom. The minimum absolute atomic E-state index is 0.0774. The van der Waals surface area contributed by atoms with Gasteiger partial charge in [0.05, 0.1) is 6.42 Å². The molecule has 4 nitrogen and oxygen atoms in total. The quantitative estimate of drug-likeness (QED) is 0.828. The third-order valence-corrected chi connectivity index (χ3v) is 4.41. The molecule has 2 aromatic carbocycles. The molecular formula is C21H25FN2O2. The summed E-state index contributed by atoms with van der Waals surface area (Å²) in [5.74, 6) is -0.906. The number of halogens is 1. The first kappa shape index (κ1) is 19.6. The summed E-state index contributed by atoms with van der Waals surface area (Å²) in [6.45, 7) is 4.15. The van der Waals surface area contributed by atoms with Gasteiger partial charge in [0.15, 0.2) is 0 Å². The second-order valence-electron chi connectivity index (χ2n) is 6.31. The van der Waals surface area contributed by atoms with Crippen molar-refractivity contribution in [1.29, 1.82) is 0 Å². The van der Waals surface area contributed by atoms with Crippen molar-refractivity contribution in [3.05, 3.63) is 71.0 Å². The minimum Gasteiger partial charge on any atom is -0.357 e. The Labute approximate surface area is 154 Å². The number of aryl methyl sites for hydroxylation is 1. The molecule has 0 aliphatic heterocycles. The van der Waals surface area contributed by atoms with Gasteiger partial charge >= 0.3 is 0 Å². The normalized spacial score (nSPS) is 11.7. The third-order valence-electron chi connectivity index (χ3n) is 4.41. The van der Waals surface area contributed by atoms with Crippen LogP contribution in [0, 0.1) is 12.7 Å². The lowest BCUT2D eigenvalue weighted by Crippen LogP contribution is -2.48. The molecule has 0 aliphatic rings. The van der Waals surface area contributed by atoms with E-state index >= 15 is 0 Å². The zero-order valence-corrected chi connectivity index (χ0v) is 15.5. The van der Waals surface area contributed by atoms with Crippen LogP contribution >= 0.6 is 0 Å². The molecule has 0 saturated carbocycles. The maximum atomic E-state index is 13.9. The van der Waals surface area contributed by atoms with Crippen LogP contribution < -0.4 is 5.32 Å². The predicted octanol–water partition coefficient (Wildman–Crippen LogP) is 3.23. The number of amides is 2. The summed E-state index contributed by atoms with van der Waals surface area (Å²) in [5, 5.41) is 2.61. The number of nitrogens with one attached hydrogen (secondary N) is 1. The van der Waals surface area contributed by atoms with Crippen LogP contribution in [0.4, 0.5) is 4.39 Å². The van der Waals surface area contributed by atoms with E-state index in [1.807, 2.05) is 38.1 Å². The van der Waals surface area contributed by atoms with E-state index in [1.54, 1.807) is 25.2 Å². The van der Waals surface area contributed by atoms with E-state index < -0.39 is 11.9 Å². The lowest BCUT2D eigenvalue weighted by Gasteiger charge is -2.30. The van der Waals surface area contributed by atoms with Crippen molar-refractivity contribution in [1.82, 2.24) is 10.2 Å². The van der Waals surface area contributed by atoms with Crippen LogP contribution in [0.3, 0.4) is 0 Å². The molecule has 26 heavy (non-hydrogen) atoms. The van der Waals surface area contributed by atoms with Crippen LogP contribution in [0.25, 0.3) is 0 Å². The molecule has 1 N–H and O–H groups in total. The molecule has 0 heterocycles. The Hall–Kier alpha value is -2.69. The van der Waals surface area contributed by atoms with E-state index in [4.69, 9.17) is 0 Å². The lowest BCUT2D eigenvalue weighted by atomic mass is 10.1. The van der Waals surface area contributed by atoms with E-state index in [0.717, 1.165) is 11.1 Å². The second-order valence-corrected chi connectivity index (χ2v) is 6.31. The van der Waals surface area contributed by atoms with Crippen LogP contribution in [-0.4, -0.2) is 29.8 Å². The summed E-state index contributed by atoms with van der Waals surface area (Å²) in [7, 11) is 1.55. The van der Waals surface area contributed by atoms with Crippen molar-refractivity contribution < 1.29 is 14.0 Å². The molecule has 0 bridgehead atoms. The SMILES string of the molecule is CC[C@@H](C(=O)NC)N(Cc1ccc(C)cc1)C(=O)Cc1ccccc1F. The summed E-state index contributed by atoms with van der Waals surface area (Å²) >= 11 is 0. The van der Waals surface area contributed by atoms with Crippen LogP contribution in [0.15, 0.2) is 48.5 Å². The fourth-order valence-electron chi connectivity index (χ4n) is 2.88. The number of rotatable bonds is 7. The molecule has 0 saturated heterocycles. The Morgan fingerprint density at radius 2 is 1.77 bits per heavy atom. The van der Waals surface area contributed by atoms with Crippen molar-refractivity contribution in [2.45, 2.75) is 39.3 Å². The summed E-state index contributed by atoms with van der Waals surface area (Å²) in [4.78, 5) is 26.7. The Morgan fingerprint density at radius 3 is 2.35 bits per heavy atom. The zero-order chi connectivity index (χ0) is 19.1. The monoisotopic (exact) mass is 356 g/mol. The van der Waals surface area contributed by atoms with E-state index in [9.17, 15) is 14.0 Å². The van der Waals surface area contributed by atoms with Crippen molar-refractivity contribution in [2.75, 3.05) is 7.05 Å². The van der Waals surface area contributed by atoms with Gasteiger partial charge < -0.3 is 10.2 Å². The van der Waals surface area contributed by atoms with E-state index in [2.05, 4.69) is 5.32 Å². The maximum Gasteiger partial charge on any atom is 0.242 e. The van der Waals surface area contributed by atoms with Crippen molar-refractivity contribution in [2.24, 2.45) is 0 Å². The molecule has 138 valence electrons. The van der Waals surface area contributed by atoms with Crippen LogP contribution in [-0.2, 0) is 22.6 Å². The Balaban J connectivity index is 2.29. The minimum atomic E-state index is -0.597. The molecule has 0 aromatic heterocycles. The first-order valence-corrected chi connectivity index (χ1v) is 8.76. The van der Waals surface area contributed by atoms with Gasteiger partial charge in [-0.25, -0.2) is 4.39 Å². The fraction of sp³-hybridized carbons (Fsp3) is 0.333. The Bertz CT molecular complexity index is 759. The van der Waals surface area contributed by atoms with Crippen LogP contribution in [0.5, 0.6) is 0 Å². The van der Waals surface area contributed by atoms with Crippen LogP contribution in [0.2, 0.25) is 0 Å². The van der Waals surface area contributed by atoms with Gasteiger partial charge in [0.1, 0.15) is 11.9 Å². The predicted molar refractivity (Wildman–Crippen MR) is 100.0 cm³/mol. The number of hydrogen-bond donors (Lipinski definition) is 1. The molecule has 1 atom stereocenters. The first-order valence-electron chi connectivity index (χ1n) is 8.76. The average molecular weight is 356 g/mol.